The molecule has 1 amide bonds. The Morgan fingerprint density at radius 2 is 2.16 bits per heavy atom. The van der Waals surface area contributed by atoms with Gasteiger partial charge < -0.3 is 14.6 Å². The highest BCUT2D eigenvalue weighted by Gasteiger charge is 2.30. The highest BCUT2D eigenvalue weighted by molar-refractivity contribution is 8.00. The number of nitrogens with zero attached hydrogens (tertiary/aromatic N) is 3. The zero-order valence-corrected chi connectivity index (χ0v) is 16.2. The van der Waals surface area contributed by atoms with Crippen LogP contribution in [0.4, 0.5) is 5.69 Å². The van der Waals surface area contributed by atoms with E-state index >= 15 is 0 Å². The number of hydrogen-bond donors (Lipinski definition) is 1. The molecule has 1 saturated carbocycles. The second kappa shape index (κ2) is 7.25. The maximum absolute atomic E-state index is 12.6. The monoisotopic (exact) mass is 380 g/mol. The van der Waals surface area contributed by atoms with Crippen molar-refractivity contribution in [1.29, 1.82) is 0 Å². The fraction of sp³-hybridized carbons (Fsp3) is 0.471. The largest absolute Gasteiger partial charge is 0.495 e. The zero-order chi connectivity index (χ0) is 18.1. The summed E-state index contributed by atoms with van der Waals surface area (Å²) >= 11 is 7.50. The summed E-state index contributed by atoms with van der Waals surface area (Å²) in [5, 5.41) is 12.4. The number of carbonyl (C=O) groups excluding carboxylic acids is 1. The van der Waals surface area contributed by atoms with E-state index in [0.29, 0.717) is 22.4 Å². The number of amides is 1. The molecule has 1 aliphatic carbocycles. The highest BCUT2D eigenvalue weighted by Crippen LogP contribution is 2.40. The number of aryl methyl sites for hydroxylation is 1. The number of carbonyl (C=O) groups is 1. The van der Waals surface area contributed by atoms with Gasteiger partial charge in [0, 0.05) is 24.1 Å². The Balaban J connectivity index is 1.70. The molecule has 1 N–H and O–H groups in total. The van der Waals surface area contributed by atoms with Crippen molar-refractivity contribution in [3.05, 3.63) is 28.5 Å². The van der Waals surface area contributed by atoms with Crippen molar-refractivity contribution >= 4 is 35.0 Å². The Kier molecular flexibility index (Phi) is 5.24. The van der Waals surface area contributed by atoms with Crippen molar-refractivity contribution in [3.63, 3.8) is 0 Å². The molecule has 1 fully saturated rings. The summed E-state index contributed by atoms with van der Waals surface area (Å²) in [6.45, 7) is 3.73. The van der Waals surface area contributed by atoms with Crippen LogP contribution < -0.4 is 10.1 Å². The van der Waals surface area contributed by atoms with Gasteiger partial charge in [0.1, 0.15) is 11.6 Å². The number of methoxy groups -OCH3 is 1. The minimum absolute atomic E-state index is 0.124. The minimum Gasteiger partial charge on any atom is -0.495 e. The van der Waals surface area contributed by atoms with Gasteiger partial charge in [-0.25, -0.2) is 0 Å². The van der Waals surface area contributed by atoms with E-state index in [9.17, 15) is 4.79 Å². The van der Waals surface area contributed by atoms with Crippen LogP contribution in [0, 0.1) is 6.92 Å². The number of thioether (sulfide) groups is 1. The van der Waals surface area contributed by atoms with E-state index in [-0.39, 0.29) is 11.2 Å². The summed E-state index contributed by atoms with van der Waals surface area (Å²) in [7, 11) is 3.50. The molecule has 134 valence electrons. The van der Waals surface area contributed by atoms with Gasteiger partial charge in [0.15, 0.2) is 5.16 Å². The lowest BCUT2D eigenvalue weighted by Gasteiger charge is -2.15. The number of ether oxygens (including phenoxy) is 1. The summed E-state index contributed by atoms with van der Waals surface area (Å²) in [6, 6.07) is 3.51. The number of anilines is 1. The van der Waals surface area contributed by atoms with Crippen LogP contribution in [0.1, 0.15) is 37.1 Å². The van der Waals surface area contributed by atoms with Crippen LogP contribution in [0.3, 0.4) is 0 Å². The Bertz CT molecular complexity index is 804. The van der Waals surface area contributed by atoms with Gasteiger partial charge in [0.25, 0.3) is 0 Å². The first-order valence-corrected chi connectivity index (χ1v) is 9.37. The van der Waals surface area contributed by atoms with Gasteiger partial charge >= 0.3 is 0 Å². The van der Waals surface area contributed by atoms with Gasteiger partial charge in [-0.1, -0.05) is 23.4 Å². The van der Waals surface area contributed by atoms with Gasteiger partial charge in [-0.15, -0.1) is 10.2 Å². The number of halogens is 1. The van der Waals surface area contributed by atoms with Crippen LogP contribution in [-0.2, 0) is 11.8 Å². The van der Waals surface area contributed by atoms with Crippen LogP contribution in [0.25, 0.3) is 0 Å². The standard InChI is InChI=1S/C17H21ClN4O2S/c1-9-7-13(14(24-4)8-12(9)18)19-16(23)10(2)25-17-21-20-15(22(17)3)11-5-6-11/h7-8,10-11H,5-6H2,1-4H3,(H,19,23)/t10-/m1/s1. The molecule has 2 aromatic rings. The summed E-state index contributed by atoms with van der Waals surface area (Å²) in [5.74, 6) is 1.94. The van der Waals surface area contributed by atoms with E-state index in [1.165, 1.54) is 24.6 Å². The van der Waals surface area contributed by atoms with Crippen molar-refractivity contribution in [3.8, 4) is 5.75 Å². The summed E-state index contributed by atoms with van der Waals surface area (Å²) in [5.41, 5.74) is 1.49. The van der Waals surface area contributed by atoms with Crippen molar-refractivity contribution < 1.29 is 9.53 Å². The van der Waals surface area contributed by atoms with Crippen molar-refractivity contribution in [2.45, 2.75) is 43.0 Å². The topological polar surface area (TPSA) is 69.0 Å². The molecule has 0 aliphatic heterocycles. The zero-order valence-electron chi connectivity index (χ0n) is 14.7. The van der Waals surface area contributed by atoms with E-state index in [1.54, 1.807) is 13.2 Å². The van der Waals surface area contributed by atoms with Gasteiger partial charge in [0.2, 0.25) is 5.91 Å². The lowest BCUT2D eigenvalue weighted by Crippen LogP contribution is -2.23. The molecule has 1 atom stereocenters. The van der Waals surface area contributed by atoms with Gasteiger partial charge in [0.05, 0.1) is 18.0 Å². The van der Waals surface area contributed by atoms with Crippen LogP contribution in [0.2, 0.25) is 5.02 Å². The molecular weight excluding hydrogens is 360 g/mol. The number of hydrogen-bond acceptors (Lipinski definition) is 5. The lowest BCUT2D eigenvalue weighted by atomic mass is 10.2. The first-order chi connectivity index (χ1) is 11.9. The first-order valence-electron chi connectivity index (χ1n) is 8.11. The quantitative estimate of drug-likeness (QED) is 0.772. The molecule has 0 saturated heterocycles. The average molecular weight is 381 g/mol. The number of aromatic nitrogens is 3. The molecule has 0 spiro atoms. The highest BCUT2D eigenvalue weighted by atomic mass is 35.5. The van der Waals surface area contributed by atoms with Crippen LogP contribution >= 0.6 is 23.4 Å². The number of benzene rings is 1. The van der Waals surface area contributed by atoms with E-state index in [2.05, 4.69) is 15.5 Å². The van der Waals surface area contributed by atoms with E-state index < -0.39 is 0 Å². The molecule has 3 rings (SSSR count). The molecule has 1 aromatic carbocycles. The fourth-order valence-electron chi connectivity index (χ4n) is 2.50. The fourth-order valence-corrected chi connectivity index (χ4v) is 3.48. The van der Waals surface area contributed by atoms with Crippen LogP contribution in [-0.4, -0.2) is 33.0 Å². The molecular formula is C17H21ClN4O2S. The second-order valence-electron chi connectivity index (χ2n) is 6.23. The maximum Gasteiger partial charge on any atom is 0.237 e. The molecule has 1 heterocycles. The molecule has 0 radical (unpaired) electrons. The average Bonchev–Trinajstić information content (AvgIpc) is 3.36. The first kappa shape index (κ1) is 18.1. The third-order valence-electron chi connectivity index (χ3n) is 4.20. The Morgan fingerprint density at radius 3 is 2.80 bits per heavy atom. The predicted octanol–water partition coefficient (Wildman–Crippen LogP) is 3.78. The molecule has 25 heavy (non-hydrogen) atoms. The normalized spacial score (nSPS) is 15.1. The Morgan fingerprint density at radius 1 is 1.44 bits per heavy atom. The maximum atomic E-state index is 12.6. The SMILES string of the molecule is COc1cc(Cl)c(C)cc1NC(=O)[C@@H](C)Sc1nnc(C2CC2)n1C. The smallest absolute Gasteiger partial charge is 0.237 e. The number of rotatable bonds is 6. The third kappa shape index (κ3) is 3.93. The van der Waals surface area contributed by atoms with Crippen molar-refractivity contribution in [2.24, 2.45) is 7.05 Å². The summed E-state index contributed by atoms with van der Waals surface area (Å²) in [6.07, 6.45) is 2.34. The molecule has 6 nitrogen and oxygen atoms in total. The molecule has 1 aliphatic rings. The molecule has 0 bridgehead atoms. The molecule has 8 heteroatoms. The lowest BCUT2D eigenvalue weighted by molar-refractivity contribution is -0.115. The van der Waals surface area contributed by atoms with Gasteiger partial charge in [-0.2, -0.15) is 0 Å². The molecule has 1 aromatic heterocycles. The van der Waals surface area contributed by atoms with E-state index in [4.69, 9.17) is 16.3 Å². The van der Waals surface area contributed by atoms with Crippen molar-refractivity contribution in [1.82, 2.24) is 14.8 Å². The predicted molar refractivity (Wildman–Crippen MR) is 99.7 cm³/mol. The van der Waals surface area contributed by atoms with Crippen molar-refractivity contribution in [2.75, 3.05) is 12.4 Å². The Labute approximate surface area is 156 Å². The third-order valence-corrected chi connectivity index (χ3v) is 5.74. The molecule has 0 unspecified atom stereocenters. The summed E-state index contributed by atoms with van der Waals surface area (Å²) < 4.78 is 7.29. The van der Waals surface area contributed by atoms with Gasteiger partial charge in [-0.3, -0.25) is 4.79 Å². The summed E-state index contributed by atoms with van der Waals surface area (Å²) in [4.78, 5) is 12.6. The second-order valence-corrected chi connectivity index (χ2v) is 7.94. The minimum atomic E-state index is -0.323. The van der Waals surface area contributed by atoms with Gasteiger partial charge in [-0.05, 0) is 38.3 Å². The Hall–Kier alpha value is -1.73. The van der Waals surface area contributed by atoms with Crippen LogP contribution in [0.15, 0.2) is 17.3 Å². The van der Waals surface area contributed by atoms with Crippen LogP contribution in [0.5, 0.6) is 5.75 Å². The van der Waals surface area contributed by atoms with E-state index in [1.807, 2.05) is 31.5 Å². The number of nitrogens with one attached hydrogen (secondary N) is 1. The van der Waals surface area contributed by atoms with E-state index in [0.717, 1.165) is 16.5 Å².